The van der Waals surface area contributed by atoms with Gasteiger partial charge in [-0.15, -0.1) is 0 Å². The maximum absolute atomic E-state index is 5.63. The Labute approximate surface area is 617 Å². The second-order valence-corrected chi connectivity index (χ2v) is 35.1. The van der Waals surface area contributed by atoms with Gasteiger partial charge in [0.15, 0.2) is 29.1 Å². The van der Waals surface area contributed by atoms with E-state index >= 15 is 0 Å². The molecule has 0 unspecified atom stereocenters. The highest BCUT2D eigenvalue weighted by atomic mass is 16.4. The predicted octanol–water partition coefficient (Wildman–Crippen LogP) is 22.9. The molecule has 0 atom stereocenters. The minimum Gasteiger partial charge on any atom is -0.449 e. The molecule has 12 aromatic rings. The van der Waals surface area contributed by atoms with E-state index in [1.807, 2.05) is 137 Å². The van der Waals surface area contributed by atoms with E-state index in [2.05, 4.69) is 259 Å². The Hall–Kier alpha value is -9.43. The molecule has 12 rings (SSSR count). The molecule has 0 bridgehead atoms. The van der Waals surface area contributed by atoms with Crippen molar-refractivity contribution in [1.29, 1.82) is 0 Å². The summed E-state index contributed by atoms with van der Waals surface area (Å²) < 4.78 is 20.4. The van der Waals surface area contributed by atoms with Crippen molar-refractivity contribution in [2.24, 2.45) is 37.9 Å². The fourth-order valence-corrected chi connectivity index (χ4v) is 10.5. The second kappa shape index (κ2) is 37.7. The van der Waals surface area contributed by atoms with Crippen molar-refractivity contribution in [3.05, 3.63) is 271 Å². The summed E-state index contributed by atoms with van der Waals surface area (Å²) in [6.45, 7) is 50.4. The Bertz CT molecular complexity index is 4260. The highest BCUT2D eigenvalue weighted by Crippen LogP contribution is 2.28. The number of oxazole rings is 3. The quantitative estimate of drug-likeness (QED) is 0.114. The van der Waals surface area contributed by atoms with Crippen LogP contribution in [0.5, 0.6) is 0 Å². The van der Waals surface area contributed by atoms with Crippen LogP contribution >= 0.6 is 0 Å². The molecule has 7 heterocycles. The van der Waals surface area contributed by atoms with Crippen LogP contribution in [0.4, 0.5) is 0 Å². The van der Waals surface area contributed by atoms with Gasteiger partial charge in [0.1, 0.15) is 42.2 Å². The van der Waals surface area contributed by atoms with Crippen LogP contribution in [-0.2, 0) is 51.4 Å². The molecule has 548 valence electrons. The van der Waals surface area contributed by atoms with Crippen LogP contribution in [0.25, 0.3) is 33.7 Å². The summed E-state index contributed by atoms with van der Waals surface area (Å²) >= 11 is 0. The van der Waals surface area contributed by atoms with Gasteiger partial charge in [-0.05, 0) is 142 Å². The van der Waals surface area contributed by atoms with Crippen LogP contribution < -0.4 is 0 Å². The molecular formula is C89H119N11O3. The van der Waals surface area contributed by atoms with Gasteiger partial charge in [-0.3, -0.25) is 9.97 Å². The van der Waals surface area contributed by atoms with E-state index in [-0.39, 0.29) is 27.1 Å². The Morgan fingerprint density at radius 2 is 0.854 bits per heavy atom. The van der Waals surface area contributed by atoms with Crippen molar-refractivity contribution in [3.8, 4) is 22.6 Å². The maximum Gasteiger partial charge on any atom is 0.195 e. The molecule has 0 spiro atoms. The van der Waals surface area contributed by atoms with Crippen LogP contribution in [0.15, 0.2) is 221 Å². The lowest BCUT2D eigenvalue weighted by Crippen LogP contribution is -2.14. The number of hydrogen-bond donors (Lipinski definition) is 0. The van der Waals surface area contributed by atoms with E-state index in [1.54, 1.807) is 25.2 Å². The third-order valence-electron chi connectivity index (χ3n) is 14.8. The molecular weight excluding hydrogens is 1270 g/mol. The molecule has 7 aromatic heterocycles. The zero-order valence-electron chi connectivity index (χ0n) is 66.4. The molecule has 5 aromatic carbocycles. The number of hydrogen-bond acceptors (Lipinski definition) is 12. The van der Waals surface area contributed by atoms with Crippen LogP contribution in [0, 0.1) is 51.8 Å². The summed E-state index contributed by atoms with van der Waals surface area (Å²) in [6.07, 6.45) is 18.0. The van der Waals surface area contributed by atoms with Crippen molar-refractivity contribution in [1.82, 2.24) is 54.4 Å². The number of rotatable bonds is 12. The van der Waals surface area contributed by atoms with E-state index in [0.717, 1.165) is 120 Å². The van der Waals surface area contributed by atoms with Crippen molar-refractivity contribution in [3.63, 3.8) is 0 Å². The molecule has 0 aliphatic rings. The molecule has 0 aliphatic heterocycles. The van der Waals surface area contributed by atoms with Crippen LogP contribution in [0.1, 0.15) is 208 Å². The van der Waals surface area contributed by atoms with Crippen molar-refractivity contribution in [2.75, 3.05) is 0 Å². The summed E-state index contributed by atoms with van der Waals surface area (Å²) in [5.74, 6) is 4.40. The van der Waals surface area contributed by atoms with E-state index in [9.17, 15) is 0 Å². The summed E-state index contributed by atoms with van der Waals surface area (Å²) in [6, 6.07) is 57.0. The van der Waals surface area contributed by atoms with Gasteiger partial charge in [0.05, 0.1) is 17.1 Å². The van der Waals surface area contributed by atoms with Gasteiger partial charge in [0, 0.05) is 67.9 Å². The van der Waals surface area contributed by atoms with E-state index in [4.69, 9.17) is 13.3 Å². The molecule has 0 saturated carbocycles. The predicted molar refractivity (Wildman–Crippen MR) is 424 cm³/mol. The van der Waals surface area contributed by atoms with Gasteiger partial charge in [0.2, 0.25) is 0 Å². The topological polar surface area (TPSA) is 165 Å². The number of aromatic nitrogens is 11. The minimum absolute atomic E-state index is 0.207. The Morgan fingerprint density at radius 3 is 1.37 bits per heavy atom. The maximum atomic E-state index is 5.63. The third-order valence-corrected chi connectivity index (χ3v) is 14.8. The number of pyridine rings is 2. The van der Waals surface area contributed by atoms with Crippen LogP contribution in [0.2, 0.25) is 0 Å². The standard InChI is InChI=1S/C15H19NO.2C14H19N3.C14H17NO.C12H15NO.2C10H15N/c1-15(2,3)10-14-16-13(11-17-14)9-12-7-5-4-6-8-12;1-11-6-5-7-12(8-11)17-10-15-13(16-17)9-14(2,3)4;1-11-6-5-7-12(8-11)17-13(15-10-16-17)9-14(2,3)4;1-14(2,3)9-13-15-12(10-16-13)11-7-5-4-6-8-11;1-12(2,3)8-11-13-9-6-4-5-7-10(9)14-11;2*1-10(2,3)8-9-6-4-5-7-11-9/h4-8,11H,9-10H2,1-3H3;2*5-8,10H,9H2,1-4H3;4-8,10H,9H2,1-3H3;4-7H,8H2,1-3H3;2*4-7H,8H2,1-3H3. The van der Waals surface area contributed by atoms with Crippen LogP contribution in [-0.4, -0.2) is 54.4 Å². The second-order valence-electron chi connectivity index (χ2n) is 35.1. The molecule has 0 fully saturated rings. The van der Waals surface area contributed by atoms with Crippen molar-refractivity contribution < 1.29 is 13.3 Å². The molecule has 0 amide bonds. The first-order valence-electron chi connectivity index (χ1n) is 36.2. The minimum atomic E-state index is 0.207. The molecule has 14 heteroatoms. The fraction of sp³-hybridized carbons (Fsp3) is 0.427. The van der Waals surface area contributed by atoms with Gasteiger partial charge < -0.3 is 13.3 Å². The monoisotopic (exact) mass is 1390 g/mol. The summed E-state index contributed by atoms with van der Waals surface area (Å²) in [4.78, 5) is 30.7. The largest absolute Gasteiger partial charge is 0.449 e. The van der Waals surface area contributed by atoms with E-state index in [1.165, 1.54) is 28.1 Å². The van der Waals surface area contributed by atoms with Gasteiger partial charge in [-0.1, -0.05) is 255 Å². The average Bonchev–Trinajstić information content (AvgIpc) is 1.76. The van der Waals surface area contributed by atoms with Gasteiger partial charge in [0.25, 0.3) is 0 Å². The molecule has 103 heavy (non-hydrogen) atoms. The van der Waals surface area contributed by atoms with Crippen LogP contribution in [0.3, 0.4) is 0 Å². The smallest absolute Gasteiger partial charge is 0.195 e. The lowest BCUT2D eigenvalue weighted by molar-refractivity contribution is 0.353. The highest BCUT2D eigenvalue weighted by molar-refractivity contribution is 5.72. The van der Waals surface area contributed by atoms with E-state index < -0.39 is 0 Å². The Balaban J connectivity index is 0.000000190. The molecule has 0 saturated heterocycles. The van der Waals surface area contributed by atoms with Crippen molar-refractivity contribution >= 4 is 11.1 Å². The first-order valence-corrected chi connectivity index (χ1v) is 36.2. The number of aryl methyl sites for hydroxylation is 2. The van der Waals surface area contributed by atoms with E-state index in [0.29, 0.717) is 10.8 Å². The first-order chi connectivity index (χ1) is 48.2. The number of fused-ring (bicyclic) bond motifs is 1. The Kier molecular flexibility index (Phi) is 30.2. The average molecular weight is 1390 g/mol. The first kappa shape index (κ1) is 82.5. The number of nitrogens with zero attached hydrogens (tertiary/aromatic N) is 11. The highest BCUT2D eigenvalue weighted by Gasteiger charge is 2.21. The Morgan fingerprint density at radius 1 is 0.379 bits per heavy atom. The number of para-hydroxylation sites is 2. The van der Waals surface area contributed by atoms with Gasteiger partial charge in [-0.2, -0.15) is 10.2 Å². The normalized spacial score (nSPS) is 11.8. The van der Waals surface area contributed by atoms with Gasteiger partial charge >= 0.3 is 0 Å². The lowest BCUT2D eigenvalue weighted by Gasteiger charge is -2.17. The van der Waals surface area contributed by atoms with Gasteiger partial charge in [-0.25, -0.2) is 34.3 Å². The van der Waals surface area contributed by atoms with Crippen molar-refractivity contribution in [2.45, 2.75) is 211 Å². The lowest BCUT2D eigenvalue weighted by atomic mass is 9.90. The summed E-state index contributed by atoms with van der Waals surface area (Å²) in [7, 11) is 0. The third kappa shape index (κ3) is 33.9. The molecule has 0 aliphatic carbocycles. The molecule has 0 radical (unpaired) electrons. The summed E-state index contributed by atoms with van der Waals surface area (Å²) in [5, 5.41) is 8.83. The number of benzene rings is 5. The zero-order valence-corrected chi connectivity index (χ0v) is 66.4. The SMILES string of the molecule is CC(C)(C)Cc1ccccn1.CC(C)(C)Cc1ccccn1.CC(C)(C)Cc1nc(-c2ccccc2)co1.CC(C)(C)Cc1nc(Cc2ccccc2)co1.CC(C)(C)Cc1nc2ccccc2o1.Cc1cccc(-n2cnc(CC(C)(C)C)n2)c1.Cc1cccc(-n2ncnc2CC(C)(C)C)c1. The zero-order chi connectivity index (χ0) is 75.7. The fourth-order valence-electron chi connectivity index (χ4n) is 10.5. The summed E-state index contributed by atoms with van der Waals surface area (Å²) in [5.41, 5.74) is 14.9. The molecule has 0 N–H and O–H groups in total. The molecule has 14 nitrogen and oxygen atoms in total.